The minimum Gasteiger partial charge on any atom is -0.365 e. The van der Waals surface area contributed by atoms with Gasteiger partial charge in [0.15, 0.2) is 5.13 Å². The Kier molecular flexibility index (Phi) is 4.54. The van der Waals surface area contributed by atoms with Gasteiger partial charge in [-0.1, -0.05) is 0 Å². The molecule has 1 atom stereocenters. The van der Waals surface area contributed by atoms with Gasteiger partial charge >= 0.3 is 0 Å². The molecule has 0 aromatic carbocycles. The predicted molar refractivity (Wildman–Crippen MR) is 83.1 cm³/mol. The summed E-state index contributed by atoms with van der Waals surface area (Å²) in [5.41, 5.74) is 2.29. The van der Waals surface area contributed by atoms with E-state index in [4.69, 9.17) is 0 Å². The topological polar surface area (TPSA) is 41.1 Å². The number of rotatable bonds is 5. The van der Waals surface area contributed by atoms with E-state index in [2.05, 4.69) is 53.4 Å². The maximum atomic E-state index is 4.64. The molecule has 0 aliphatic carbocycles. The first-order valence-electron chi connectivity index (χ1n) is 6.27. The molecule has 0 saturated carbocycles. The van der Waals surface area contributed by atoms with Gasteiger partial charge in [-0.15, -0.1) is 22.7 Å². The van der Waals surface area contributed by atoms with Gasteiger partial charge in [-0.2, -0.15) is 0 Å². The highest BCUT2D eigenvalue weighted by molar-refractivity contribution is 7.13. The molecular formula is C13H20N4S2. The molecule has 104 valence electrons. The van der Waals surface area contributed by atoms with Crippen molar-refractivity contribution < 1.29 is 0 Å². The van der Waals surface area contributed by atoms with E-state index in [0.717, 1.165) is 22.4 Å². The third kappa shape index (κ3) is 3.32. The van der Waals surface area contributed by atoms with Crippen LogP contribution in [0.5, 0.6) is 0 Å². The van der Waals surface area contributed by atoms with Crippen molar-refractivity contribution in [3.8, 4) is 0 Å². The number of hydrogen-bond acceptors (Lipinski definition) is 6. The molecule has 2 aromatic rings. The minimum absolute atomic E-state index is 0.310. The van der Waals surface area contributed by atoms with Crippen LogP contribution in [-0.4, -0.2) is 29.0 Å². The first kappa shape index (κ1) is 14.4. The van der Waals surface area contributed by atoms with Crippen molar-refractivity contribution in [1.29, 1.82) is 0 Å². The average Bonchev–Trinajstić information content (AvgIpc) is 2.94. The van der Waals surface area contributed by atoms with E-state index in [1.807, 2.05) is 7.05 Å². The Bertz CT molecular complexity index is 547. The summed E-state index contributed by atoms with van der Waals surface area (Å²) in [4.78, 5) is 12.8. The zero-order valence-electron chi connectivity index (χ0n) is 12.0. The Morgan fingerprint density at radius 2 is 2.11 bits per heavy atom. The highest BCUT2D eigenvalue weighted by atomic mass is 32.1. The third-order valence-electron chi connectivity index (χ3n) is 3.17. The zero-order valence-corrected chi connectivity index (χ0v) is 13.7. The summed E-state index contributed by atoms with van der Waals surface area (Å²) in [5, 5.41) is 7.28. The van der Waals surface area contributed by atoms with Crippen molar-refractivity contribution in [2.75, 3.05) is 19.4 Å². The molecule has 0 amide bonds. The number of aryl methyl sites for hydroxylation is 2. The van der Waals surface area contributed by atoms with Crippen molar-refractivity contribution in [2.45, 2.75) is 33.4 Å². The van der Waals surface area contributed by atoms with Gasteiger partial charge in [0.25, 0.3) is 0 Å². The minimum atomic E-state index is 0.310. The Labute approximate surface area is 122 Å². The summed E-state index contributed by atoms with van der Waals surface area (Å²) in [7, 11) is 4.02. The monoisotopic (exact) mass is 296 g/mol. The fourth-order valence-electron chi connectivity index (χ4n) is 2.03. The molecule has 2 rings (SSSR count). The Morgan fingerprint density at radius 3 is 2.63 bits per heavy atom. The van der Waals surface area contributed by atoms with Crippen molar-refractivity contribution in [2.24, 2.45) is 0 Å². The maximum absolute atomic E-state index is 4.64. The summed E-state index contributed by atoms with van der Waals surface area (Å²) in [6, 6.07) is 0.310. The normalized spacial score (nSPS) is 12.9. The van der Waals surface area contributed by atoms with Crippen molar-refractivity contribution >= 4 is 27.8 Å². The van der Waals surface area contributed by atoms with E-state index in [1.165, 1.54) is 10.6 Å². The zero-order chi connectivity index (χ0) is 14.0. The van der Waals surface area contributed by atoms with E-state index in [0.29, 0.717) is 6.04 Å². The Morgan fingerprint density at radius 1 is 1.37 bits per heavy atom. The lowest BCUT2D eigenvalue weighted by atomic mass is 10.2. The Hall–Kier alpha value is -0.980. The summed E-state index contributed by atoms with van der Waals surface area (Å²) in [6.45, 7) is 7.25. The van der Waals surface area contributed by atoms with Crippen LogP contribution < -0.4 is 5.32 Å². The lowest BCUT2D eigenvalue weighted by Gasteiger charge is -2.23. The van der Waals surface area contributed by atoms with Crippen LogP contribution in [-0.2, 0) is 6.54 Å². The highest BCUT2D eigenvalue weighted by Crippen LogP contribution is 2.27. The summed E-state index contributed by atoms with van der Waals surface area (Å²) in [6.07, 6.45) is 0. The average molecular weight is 296 g/mol. The van der Waals surface area contributed by atoms with Crippen LogP contribution in [0.2, 0.25) is 0 Å². The molecular weight excluding hydrogens is 276 g/mol. The molecule has 2 heterocycles. The molecule has 0 bridgehead atoms. The molecule has 0 radical (unpaired) electrons. The van der Waals surface area contributed by atoms with Gasteiger partial charge in [-0.05, 0) is 27.8 Å². The number of nitrogens with one attached hydrogen (secondary N) is 1. The van der Waals surface area contributed by atoms with Gasteiger partial charge in [-0.25, -0.2) is 9.97 Å². The quantitative estimate of drug-likeness (QED) is 0.917. The molecule has 0 fully saturated rings. The van der Waals surface area contributed by atoms with Crippen LogP contribution in [0, 0.1) is 13.8 Å². The lowest BCUT2D eigenvalue weighted by molar-refractivity contribution is 0.246. The smallest absolute Gasteiger partial charge is 0.182 e. The van der Waals surface area contributed by atoms with E-state index in [1.54, 1.807) is 22.7 Å². The molecule has 19 heavy (non-hydrogen) atoms. The second-order valence-electron chi connectivity index (χ2n) is 4.66. The van der Waals surface area contributed by atoms with E-state index >= 15 is 0 Å². The molecule has 4 nitrogen and oxygen atoms in total. The van der Waals surface area contributed by atoms with Gasteiger partial charge in [0.05, 0.1) is 22.4 Å². The van der Waals surface area contributed by atoms with Crippen LogP contribution in [0.1, 0.15) is 34.2 Å². The molecule has 2 aromatic heterocycles. The fourth-order valence-corrected chi connectivity index (χ4v) is 3.60. The molecule has 6 heteroatoms. The van der Waals surface area contributed by atoms with Crippen LogP contribution >= 0.6 is 22.7 Å². The van der Waals surface area contributed by atoms with E-state index < -0.39 is 0 Å². The van der Waals surface area contributed by atoms with Crippen molar-refractivity contribution in [3.05, 3.63) is 26.7 Å². The summed E-state index contributed by atoms with van der Waals surface area (Å²) >= 11 is 3.41. The number of hydrogen-bond donors (Lipinski definition) is 1. The molecule has 1 N–H and O–H groups in total. The maximum Gasteiger partial charge on any atom is 0.182 e. The first-order chi connectivity index (χ1) is 9.01. The molecule has 1 unspecified atom stereocenters. The number of nitrogens with zero attached hydrogens (tertiary/aromatic N) is 3. The van der Waals surface area contributed by atoms with Crippen LogP contribution in [0.15, 0.2) is 5.38 Å². The Balaban J connectivity index is 2.06. The van der Waals surface area contributed by atoms with Gasteiger partial charge in [0.2, 0.25) is 0 Å². The van der Waals surface area contributed by atoms with Crippen molar-refractivity contribution in [1.82, 2.24) is 14.9 Å². The summed E-state index contributed by atoms with van der Waals surface area (Å²) < 4.78 is 0. The first-order valence-corrected chi connectivity index (χ1v) is 7.97. The SMILES string of the molecule is CNc1nc(CN(C)C(C)c2nc(C)sc2C)cs1. The molecule has 0 saturated heterocycles. The van der Waals surface area contributed by atoms with Gasteiger partial charge in [-0.3, -0.25) is 4.90 Å². The van der Waals surface area contributed by atoms with E-state index in [-0.39, 0.29) is 0 Å². The van der Waals surface area contributed by atoms with Gasteiger partial charge < -0.3 is 5.32 Å². The number of aromatic nitrogens is 2. The van der Waals surface area contributed by atoms with Crippen LogP contribution in [0.3, 0.4) is 0 Å². The third-order valence-corrected chi connectivity index (χ3v) is 4.98. The molecule has 0 aliphatic rings. The fraction of sp³-hybridized carbons (Fsp3) is 0.538. The second kappa shape index (κ2) is 5.98. The summed E-state index contributed by atoms with van der Waals surface area (Å²) in [5.74, 6) is 0. The van der Waals surface area contributed by atoms with Gasteiger partial charge in [0, 0.05) is 23.8 Å². The lowest BCUT2D eigenvalue weighted by Crippen LogP contribution is -2.23. The number of thiazole rings is 2. The van der Waals surface area contributed by atoms with E-state index in [9.17, 15) is 0 Å². The number of anilines is 1. The van der Waals surface area contributed by atoms with Crippen LogP contribution in [0.4, 0.5) is 5.13 Å². The highest BCUT2D eigenvalue weighted by Gasteiger charge is 2.18. The largest absolute Gasteiger partial charge is 0.365 e. The molecule has 0 aliphatic heterocycles. The predicted octanol–water partition coefficient (Wildman–Crippen LogP) is 3.45. The van der Waals surface area contributed by atoms with Gasteiger partial charge in [0.1, 0.15) is 0 Å². The van der Waals surface area contributed by atoms with Crippen LogP contribution in [0.25, 0.3) is 0 Å². The van der Waals surface area contributed by atoms with Crippen molar-refractivity contribution in [3.63, 3.8) is 0 Å². The molecule has 0 spiro atoms. The standard InChI is InChI=1S/C13H20N4S2/c1-8(12-9(2)19-10(3)15-12)17(5)6-11-7-18-13(14-4)16-11/h7-8H,6H2,1-5H3,(H,14,16). The second-order valence-corrected chi connectivity index (χ2v) is 6.92.